The molecule has 0 aliphatic carbocycles. The molecule has 3 N–H and O–H groups in total. The minimum Gasteiger partial charge on any atom is -0.370 e. The van der Waals surface area contributed by atoms with Gasteiger partial charge < -0.3 is 20.6 Å². The maximum absolute atomic E-state index is 7.66. The van der Waals surface area contributed by atoms with Crippen LogP contribution in [0.15, 0.2) is 29.7 Å². The Bertz CT molecular complexity index is 777. The van der Waals surface area contributed by atoms with Gasteiger partial charge >= 0.3 is 0 Å². The summed E-state index contributed by atoms with van der Waals surface area (Å²) in [7, 11) is 0. The Morgan fingerprint density at radius 2 is 2.17 bits per heavy atom. The van der Waals surface area contributed by atoms with Crippen LogP contribution in [0.3, 0.4) is 0 Å². The zero-order valence-corrected chi connectivity index (χ0v) is 12.9. The lowest BCUT2D eigenvalue weighted by atomic mass is 10.0. The highest BCUT2D eigenvalue weighted by molar-refractivity contribution is 6.15. The molecule has 6 heteroatoms. The van der Waals surface area contributed by atoms with Crippen molar-refractivity contribution in [3.63, 3.8) is 0 Å². The molecule has 23 heavy (non-hydrogen) atoms. The Labute approximate surface area is 134 Å². The zero-order chi connectivity index (χ0) is 15.8. The number of pyridine rings is 1. The van der Waals surface area contributed by atoms with Gasteiger partial charge in [-0.05, 0) is 24.6 Å². The third-order valence-corrected chi connectivity index (χ3v) is 4.98. The number of nitrogens with zero attached hydrogens (tertiary/aromatic N) is 3. The van der Waals surface area contributed by atoms with Crippen LogP contribution < -0.4 is 10.2 Å². The van der Waals surface area contributed by atoms with Crippen molar-refractivity contribution >= 4 is 35.2 Å². The van der Waals surface area contributed by atoms with Crippen LogP contribution in [0.2, 0.25) is 0 Å². The lowest BCUT2D eigenvalue weighted by Gasteiger charge is -2.21. The molecule has 0 bridgehead atoms. The topological polar surface area (TPSA) is 80.2 Å². The van der Waals surface area contributed by atoms with E-state index in [0.29, 0.717) is 0 Å². The van der Waals surface area contributed by atoms with Gasteiger partial charge in [0.25, 0.3) is 0 Å². The number of aromatic nitrogens is 2. The average molecular weight is 308 g/mol. The van der Waals surface area contributed by atoms with Crippen LogP contribution in [-0.2, 0) is 0 Å². The number of hydrogen-bond donors (Lipinski definition) is 3. The van der Waals surface area contributed by atoms with Gasteiger partial charge in [-0.1, -0.05) is 0 Å². The molecule has 2 aliphatic heterocycles. The quantitative estimate of drug-likeness (QED) is 0.755. The molecule has 2 aromatic heterocycles. The molecule has 2 fully saturated rings. The molecule has 0 radical (unpaired) electrons. The van der Waals surface area contributed by atoms with Crippen molar-refractivity contribution in [2.24, 2.45) is 16.8 Å². The van der Waals surface area contributed by atoms with Gasteiger partial charge in [0, 0.05) is 73.2 Å². The number of fused-ring (bicyclic) bond motifs is 2. The van der Waals surface area contributed by atoms with E-state index in [9.17, 15) is 0 Å². The number of H-pyrrole nitrogens is 1. The molecule has 6 nitrogen and oxygen atoms in total. The van der Waals surface area contributed by atoms with E-state index >= 15 is 0 Å². The van der Waals surface area contributed by atoms with Crippen molar-refractivity contribution in [2.75, 3.05) is 31.1 Å². The van der Waals surface area contributed by atoms with Gasteiger partial charge in [-0.25, -0.2) is 4.98 Å². The molecule has 2 saturated heterocycles. The monoisotopic (exact) mass is 308 g/mol. The molecule has 4 heterocycles. The number of nitrogens with one attached hydrogen (secondary N) is 3. The fourth-order valence-electron chi connectivity index (χ4n) is 3.87. The molecule has 2 aromatic rings. The lowest BCUT2D eigenvalue weighted by Crippen LogP contribution is -2.25. The Morgan fingerprint density at radius 1 is 1.39 bits per heavy atom. The van der Waals surface area contributed by atoms with Crippen molar-refractivity contribution in [1.29, 1.82) is 5.41 Å². The maximum Gasteiger partial charge on any atom is 0.139 e. The Balaban J connectivity index is 1.81. The summed E-state index contributed by atoms with van der Waals surface area (Å²) in [6.07, 6.45) is 6.69. The number of anilines is 1. The zero-order valence-electron chi connectivity index (χ0n) is 12.9. The third-order valence-electron chi connectivity index (χ3n) is 4.98. The molecular formula is C17H20N6. The highest BCUT2D eigenvalue weighted by Crippen LogP contribution is 2.36. The van der Waals surface area contributed by atoms with Gasteiger partial charge in [0.1, 0.15) is 5.65 Å². The fourth-order valence-corrected chi connectivity index (χ4v) is 3.87. The Morgan fingerprint density at radius 3 is 2.87 bits per heavy atom. The molecule has 0 saturated carbocycles. The number of aliphatic imine (C=N–C) groups is 1. The fraction of sp³-hybridized carbons (Fsp3) is 0.353. The summed E-state index contributed by atoms with van der Waals surface area (Å²) in [5.41, 5.74) is 3.74. The number of rotatable bonds is 4. The summed E-state index contributed by atoms with van der Waals surface area (Å²) in [6.45, 7) is 7.88. The van der Waals surface area contributed by atoms with Gasteiger partial charge in [0.2, 0.25) is 0 Å². The second-order valence-electron chi connectivity index (χ2n) is 6.25. The summed E-state index contributed by atoms with van der Waals surface area (Å²) >= 11 is 0. The Kier molecular flexibility index (Phi) is 3.46. The van der Waals surface area contributed by atoms with Crippen molar-refractivity contribution in [2.45, 2.75) is 0 Å². The van der Waals surface area contributed by atoms with E-state index in [-0.39, 0.29) is 0 Å². The van der Waals surface area contributed by atoms with E-state index in [1.807, 2.05) is 12.4 Å². The average Bonchev–Trinajstić information content (AvgIpc) is 3.26. The van der Waals surface area contributed by atoms with Crippen LogP contribution in [0.25, 0.3) is 16.6 Å². The summed E-state index contributed by atoms with van der Waals surface area (Å²) in [5.74, 6) is 1.46. The maximum atomic E-state index is 7.66. The first-order valence-electron chi connectivity index (χ1n) is 7.90. The molecule has 4 rings (SSSR count). The highest BCUT2D eigenvalue weighted by atomic mass is 15.2. The molecule has 0 amide bonds. The summed E-state index contributed by atoms with van der Waals surface area (Å²) < 4.78 is 0. The molecule has 2 atom stereocenters. The predicted molar refractivity (Wildman–Crippen MR) is 94.5 cm³/mol. The normalized spacial score (nSPS) is 24.2. The standard InChI is InChI=1S/C17H20N6/c1-19-5-11(4-18)14-8-22-17-16(14)15(2-3-21-17)23-9-12-6-20-7-13(12)10-23/h2-5,8,12-13,18,20H,1,6-7,9-10H2,(H,21,22)/b11-5+,18-4?. The first-order valence-corrected chi connectivity index (χ1v) is 7.90. The first kappa shape index (κ1) is 14.1. The highest BCUT2D eigenvalue weighted by Gasteiger charge is 2.36. The number of aromatic amines is 1. The molecular weight excluding hydrogens is 288 g/mol. The molecule has 0 spiro atoms. The SMILES string of the molecule is C=N/C=C(\C=N)c1c[nH]c2nccc(N3CC4CNCC4C3)c12. The van der Waals surface area contributed by atoms with Crippen molar-refractivity contribution in [1.82, 2.24) is 15.3 Å². The van der Waals surface area contributed by atoms with E-state index in [1.54, 1.807) is 6.20 Å². The van der Waals surface area contributed by atoms with E-state index < -0.39 is 0 Å². The summed E-state index contributed by atoms with van der Waals surface area (Å²) in [4.78, 5) is 13.9. The first-order chi connectivity index (χ1) is 11.3. The minimum absolute atomic E-state index is 0.730. The second kappa shape index (κ2) is 5.62. The van der Waals surface area contributed by atoms with E-state index in [4.69, 9.17) is 5.41 Å². The van der Waals surface area contributed by atoms with Gasteiger partial charge in [-0.15, -0.1) is 0 Å². The second-order valence-corrected chi connectivity index (χ2v) is 6.25. The van der Waals surface area contributed by atoms with Gasteiger partial charge in [0.05, 0.1) is 0 Å². The van der Waals surface area contributed by atoms with Gasteiger partial charge in [0.15, 0.2) is 0 Å². The number of allylic oxidation sites excluding steroid dienone is 1. The summed E-state index contributed by atoms with van der Waals surface area (Å²) in [5, 5.41) is 12.2. The van der Waals surface area contributed by atoms with Crippen LogP contribution in [-0.4, -0.2) is 49.1 Å². The van der Waals surface area contributed by atoms with Crippen molar-refractivity contribution in [3.05, 3.63) is 30.2 Å². The lowest BCUT2D eigenvalue weighted by molar-refractivity contribution is 0.533. The predicted octanol–water partition coefficient (Wildman–Crippen LogP) is 1.91. The molecule has 0 aromatic carbocycles. The minimum atomic E-state index is 0.730. The Hall–Kier alpha value is -2.47. The van der Waals surface area contributed by atoms with Crippen molar-refractivity contribution < 1.29 is 0 Å². The molecule has 2 unspecified atom stereocenters. The van der Waals surface area contributed by atoms with Crippen LogP contribution in [0.4, 0.5) is 5.69 Å². The number of hydrogen-bond acceptors (Lipinski definition) is 5. The molecule has 118 valence electrons. The smallest absolute Gasteiger partial charge is 0.139 e. The summed E-state index contributed by atoms with van der Waals surface area (Å²) in [6, 6.07) is 2.08. The molecule has 2 aliphatic rings. The third kappa shape index (κ3) is 2.26. The van der Waals surface area contributed by atoms with Gasteiger partial charge in [-0.2, -0.15) is 0 Å². The van der Waals surface area contributed by atoms with Crippen LogP contribution in [0, 0.1) is 17.2 Å². The van der Waals surface area contributed by atoms with Crippen LogP contribution in [0.5, 0.6) is 0 Å². The van der Waals surface area contributed by atoms with E-state index in [0.717, 1.165) is 60.2 Å². The van der Waals surface area contributed by atoms with Crippen LogP contribution >= 0.6 is 0 Å². The largest absolute Gasteiger partial charge is 0.370 e. The van der Waals surface area contributed by atoms with Crippen LogP contribution in [0.1, 0.15) is 5.56 Å². The van der Waals surface area contributed by atoms with E-state index in [1.165, 1.54) is 11.9 Å². The van der Waals surface area contributed by atoms with E-state index in [2.05, 4.69) is 38.0 Å². The van der Waals surface area contributed by atoms with Gasteiger partial charge in [-0.3, -0.25) is 4.99 Å². The van der Waals surface area contributed by atoms with Crippen molar-refractivity contribution in [3.8, 4) is 0 Å².